The molecule has 0 bridgehead atoms. The second-order valence-electron chi connectivity index (χ2n) is 9.47. The number of fused-ring (bicyclic) bond motifs is 1. The molecule has 7 heteroatoms. The van der Waals surface area contributed by atoms with Crippen molar-refractivity contribution < 1.29 is 13.9 Å². The van der Waals surface area contributed by atoms with Gasteiger partial charge in [-0.2, -0.15) is 0 Å². The van der Waals surface area contributed by atoms with E-state index in [1.54, 1.807) is 12.1 Å². The maximum atomic E-state index is 13.5. The van der Waals surface area contributed by atoms with Crippen molar-refractivity contribution in [2.24, 2.45) is 0 Å². The highest BCUT2D eigenvalue weighted by Crippen LogP contribution is 2.36. The van der Waals surface area contributed by atoms with Crippen LogP contribution in [-0.2, 0) is 16.1 Å². The minimum Gasteiger partial charge on any atom is -0.379 e. The van der Waals surface area contributed by atoms with Crippen molar-refractivity contribution in [3.8, 4) is 0 Å². The Balaban J connectivity index is 1.41. The van der Waals surface area contributed by atoms with Gasteiger partial charge in [0.05, 0.1) is 13.2 Å². The Bertz CT molecular complexity index is 1350. The fourth-order valence-electron chi connectivity index (χ4n) is 5.04. The quantitative estimate of drug-likeness (QED) is 0.320. The lowest BCUT2D eigenvalue weighted by Crippen LogP contribution is -2.41. The molecule has 1 N–H and O–H groups in total. The number of hydrogen-bond acceptors (Lipinski definition) is 3. The van der Waals surface area contributed by atoms with Crippen LogP contribution in [0, 0.1) is 5.82 Å². The second-order valence-corrected chi connectivity index (χ2v) is 9.91. The second kappa shape index (κ2) is 11.9. The summed E-state index contributed by atoms with van der Waals surface area (Å²) in [5.74, 6) is -0.405. The van der Waals surface area contributed by atoms with E-state index in [1.807, 2.05) is 36.4 Å². The highest BCUT2D eigenvalue weighted by molar-refractivity contribution is 6.30. The summed E-state index contributed by atoms with van der Waals surface area (Å²) in [5, 5.41) is 4.85. The lowest BCUT2D eigenvalue weighted by molar-refractivity contribution is -0.121. The first kappa shape index (κ1) is 25.5. The maximum Gasteiger partial charge on any atom is 0.220 e. The number of benzene rings is 3. The van der Waals surface area contributed by atoms with Crippen LogP contribution in [0.3, 0.4) is 0 Å². The highest BCUT2D eigenvalue weighted by atomic mass is 35.5. The molecule has 0 radical (unpaired) electrons. The number of nitrogens with one attached hydrogen (secondary N) is 1. The van der Waals surface area contributed by atoms with E-state index in [-0.39, 0.29) is 17.6 Å². The fourth-order valence-corrected chi connectivity index (χ4v) is 5.24. The Labute approximate surface area is 221 Å². The summed E-state index contributed by atoms with van der Waals surface area (Å²) < 4.78 is 21.0. The molecule has 1 fully saturated rings. The van der Waals surface area contributed by atoms with Gasteiger partial charge >= 0.3 is 0 Å². The SMILES string of the molecule is O=C(CC(c1cccc(Cl)c1)c1cn(Cc2ccc(F)cc2)c2ccccc12)NCCN1CCOCC1. The van der Waals surface area contributed by atoms with E-state index in [0.717, 1.165) is 60.4 Å². The van der Waals surface area contributed by atoms with Crippen molar-refractivity contribution in [3.63, 3.8) is 0 Å². The first-order valence-corrected chi connectivity index (χ1v) is 13.1. The standard InChI is InChI=1S/C30H31ClFN3O2/c31-24-5-3-4-23(18-24)27(19-30(36)33-12-13-34-14-16-37-17-15-34)28-21-35(29-7-2-1-6-26(28)29)20-22-8-10-25(32)11-9-22/h1-11,18,21,27H,12-17,19-20H2,(H,33,36). The summed E-state index contributed by atoms with van der Waals surface area (Å²) in [7, 11) is 0. The van der Waals surface area contributed by atoms with Crippen LogP contribution in [0.4, 0.5) is 4.39 Å². The first-order valence-electron chi connectivity index (χ1n) is 12.7. The van der Waals surface area contributed by atoms with Gasteiger partial charge in [-0.15, -0.1) is 0 Å². The van der Waals surface area contributed by atoms with E-state index in [2.05, 4.69) is 33.1 Å². The molecule has 5 nitrogen and oxygen atoms in total. The number of para-hydroxylation sites is 1. The van der Waals surface area contributed by atoms with Crippen LogP contribution in [0.2, 0.25) is 5.02 Å². The van der Waals surface area contributed by atoms with Crippen molar-refractivity contribution >= 4 is 28.4 Å². The van der Waals surface area contributed by atoms with Crippen molar-refractivity contribution in [1.29, 1.82) is 0 Å². The number of hydrogen-bond donors (Lipinski definition) is 1. The van der Waals surface area contributed by atoms with Crippen LogP contribution in [0.15, 0.2) is 79.0 Å². The van der Waals surface area contributed by atoms with Crippen LogP contribution in [0.25, 0.3) is 10.9 Å². The predicted octanol–water partition coefficient (Wildman–Crippen LogP) is 5.45. The molecule has 1 saturated heterocycles. The van der Waals surface area contributed by atoms with Crippen molar-refractivity contribution in [2.75, 3.05) is 39.4 Å². The highest BCUT2D eigenvalue weighted by Gasteiger charge is 2.23. The molecule has 0 saturated carbocycles. The van der Waals surface area contributed by atoms with E-state index in [0.29, 0.717) is 24.5 Å². The molecule has 5 rings (SSSR count). The van der Waals surface area contributed by atoms with Crippen LogP contribution in [-0.4, -0.2) is 54.8 Å². The maximum absolute atomic E-state index is 13.5. The summed E-state index contributed by atoms with van der Waals surface area (Å²) in [6, 6.07) is 22.5. The lowest BCUT2D eigenvalue weighted by Gasteiger charge is -2.26. The van der Waals surface area contributed by atoms with Crippen LogP contribution in [0.5, 0.6) is 0 Å². The number of ether oxygens (including phenoxy) is 1. The van der Waals surface area contributed by atoms with Gasteiger partial charge in [-0.1, -0.05) is 54.1 Å². The van der Waals surface area contributed by atoms with E-state index in [9.17, 15) is 9.18 Å². The molecule has 1 unspecified atom stereocenters. The molecule has 192 valence electrons. The number of carbonyl (C=O) groups is 1. The number of halogens is 2. The summed E-state index contributed by atoms with van der Waals surface area (Å²) in [5.41, 5.74) is 4.15. The van der Waals surface area contributed by atoms with Gasteiger partial charge in [0.25, 0.3) is 0 Å². The Kier molecular flexibility index (Phi) is 8.19. The van der Waals surface area contributed by atoms with Crippen LogP contribution in [0.1, 0.15) is 29.0 Å². The zero-order valence-electron chi connectivity index (χ0n) is 20.7. The number of morpholine rings is 1. The van der Waals surface area contributed by atoms with E-state index in [1.165, 1.54) is 12.1 Å². The molecule has 1 aromatic heterocycles. The molecule has 0 spiro atoms. The summed E-state index contributed by atoms with van der Waals surface area (Å²) in [6.45, 7) is 5.30. The molecule has 2 heterocycles. The van der Waals surface area contributed by atoms with Gasteiger partial charge in [0.1, 0.15) is 5.82 Å². The van der Waals surface area contributed by atoms with Gasteiger partial charge in [-0.25, -0.2) is 4.39 Å². The number of aromatic nitrogens is 1. The Morgan fingerprint density at radius 3 is 2.59 bits per heavy atom. The Hall–Kier alpha value is -3.19. The molecule has 4 aromatic rings. The van der Waals surface area contributed by atoms with E-state index in [4.69, 9.17) is 16.3 Å². The minimum atomic E-state index is -0.248. The van der Waals surface area contributed by atoms with Crippen LogP contribution < -0.4 is 5.32 Å². The third kappa shape index (κ3) is 6.39. The minimum absolute atomic E-state index is 0.00796. The van der Waals surface area contributed by atoms with Gasteiger partial charge in [0.2, 0.25) is 5.91 Å². The average molecular weight is 520 g/mol. The van der Waals surface area contributed by atoms with Gasteiger partial charge in [0.15, 0.2) is 0 Å². The van der Waals surface area contributed by atoms with Crippen molar-refractivity contribution in [3.05, 3.63) is 107 Å². The largest absolute Gasteiger partial charge is 0.379 e. The molecule has 1 aliphatic heterocycles. The fraction of sp³-hybridized carbons (Fsp3) is 0.300. The lowest BCUT2D eigenvalue weighted by atomic mass is 9.88. The molecular weight excluding hydrogens is 489 g/mol. The summed E-state index contributed by atoms with van der Waals surface area (Å²) in [4.78, 5) is 15.5. The number of nitrogens with zero attached hydrogens (tertiary/aromatic N) is 2. The van der Waals surface area contributed by atoms with Crippen molar-refractivity contribution in [1.82, 2.24) is 14.8 Å². The van der Waals surface area contributed by atoms with Crippen LogP contribution >= 0.6 is 11.6 Å². The molecule has 1 aliphatic rings. The van der Waals surface area contributed by atoms with Gasteiger partial charge in [0, 0.05) is 67.2 Å². The monoisotopic (exact) mass is 519 g/mol. The van der Waals surface area contributed by atoms with Gasteiger partial charge in [-0.05, 0) is 47.0 Å². The van der Waals surface area contributed by atoms with Gasteiger partial charge in [-0.3, -0.25) is 9.69 Å². The summed E-state index contributed by atoms with van der Waals surface area (Å²) >= 11 is 6.37. The zero-order valence-corrected chi connectivity index (χ0v) is 21.5. The topological polar surface area (TPSA) is 46.5 Å². The van der Waals surface area contributed by atoms with E-state index < -0.39 is 0 Å². The van der Waals surface area contributed by atoms with E-state index >= 15 is 0 Å². The molecule has 1 atom stereocenters. The zero-order chi connectivity index (χ0) is 25.6. The van der Waals surface area contributed by atoms with Crippen molar-refractivity contribution in [2.45, 2.75) is 18.9 Å². The molecule has 0 aliphatic carbocycles. The predicted molar refractivity (Wildman–Crippen MR) is 146 cm³/mol. The smallest absolute Gasteiger partial charge is 0.220 e. The third-order valence-corrected chi connectivity index (χ3v) is 7.19. The number of carbonyl (C=O) groups excluding carboxylic acids is 1. The molecule has 1 amide bonds. The molecule has 37 heavy (non-hydrogen) atoms. The molecule has 3 aromatic carbocycles. The first-order chi connectivity index (χ1) is 18.1. The average Bonchev–Trinajstić information content (AvgIpc) is 3.27. The Morgan fingerprint density at radius 2 is 1.81 bits per heavy atom. The summed E-state index contributed by atoms with van der Waals surface area (Å²) in [6.07, 6.45) is 2.44. The normalized spacial score (nSPS) is 15.1. The number of rotatable bonds is 9. The Morgan fingerprint density at radius 1 is 1.03 bits per heavy atom. The molecular formula is C30H31ClFN3O2. The van der Waals surface area contributed by atoms with Gasteiger partial charge < -0.3 is 14.6 Å². The number of amides is 1. The third-order valence-electron chi connectivity index (χ3n) is 6.96.